The fraction of sp³-hybridized carbons (Fsp3) is 0.500. The third kappa shape index (κ3) is 4.04. The number of nitrogens with two attached hydrogens (primary N) is 2. The minimum Gasteiger partial charge on any atom is -0.366 e. The predicted octanol–water partition coefficient (Wildman–Crippen LogP) is 0.819. The van der Waals surface area contributed by atoms with Gasteiger partial charge in [0.25, 0.3) is 0 Å². The van der Waals surface area contributed by atoms with Crippen LogP contribution in [0.25, 0.3) is 0 Å². The normalized spacial score (nSPS) is 21.2. The lowest BCUT2D eigenvalue weighted by molar-refractivity contribution is -0.125. The van der Waals surface area contributed by atoms with E-state index in [1.165, 1.54) is 0 Å². The van der Waals surface area contributed by atoms with E-state index in [0.717, 1.165) is 24.8 Å². The number of primary amides is 1. The van der Waals surface area contributed by atoms with Gasteiger partial charge in [0.15, 0.2) is 0 Å². The number of rotatable bonds is 6. The number of benzene rings is 1. The zero-order valence-corrected chi connectivity index (χ0v) is 12.2. The molecule has 21 heavy (non-hydrogen) atoms. The Hall–Kier alpha value is -1.88. The van der Waals surface area contributed by atoms with Crippen molar-refractivity contribution in [3.05, 3.63) is 35.4 Å². The molecule has 1 aromatic rings. The van der Waals surface area contributed by atoms with Gasteiger partial charge >= 0.3 is 0 Å². The Balaban J connectivity index is 1.82. The molecule has 5 heteroatoms. The van der Waals surface area contributed by atoms with Crippen molar-refractivity contribution in [1.29, 1.82) is 0 Å². The van der Waals surface area contributed by atoms with Crippen LogP contribution in [0.1, 0.15) is 35.2 Å². The molecule has 0 heterocycles. The van der Waals surface area contributed by atoms with Crippen LogP contribution in [0.3, 0.4) is 0 Å². The topological polar surface area (TPSA) is 98.2 Å². The standard InChI is InChI=1S/C16H23N3O2/c17-10-13-5-2-6-14(13)16(21)19-8-7-11-3-1-4-12(9-11)15(18)20/h1,3-4,9,13-14H,2,5-8,10,17H2,(H2,18,20)(H,19,21)/t13-,14-/m1/s1. The first kappa shape index (κ1) is 15.5. The molecule has 2 rings (SSSR count). The molecule has 0 aromatic heterocycles. The van der Waals surface area contributed by atoms with E-state index in [4.69, 9.17) is 11.5 Å². The first-order valence-electron chi connectivity index (χ1n) is 7.48. The van der Waals surface area contributed by atoms with E-state index in [-0.39, 0.29) is 11.8 Å². The minimum absolute atomic E-state index is 0.0620. The van der Waals surface area contributed by atoms with Gasteiger partial charge in [0, 0.05) is 18.0 Å². The minimum atomic E-state index is -0.433. The number of carbonyl (C=O) groups excluding carboxylic acids is 2. The van der Waals surface area contributed by atoms with Crippen molar-refractivity contribution in [3.63, 3.8) is 0 Å². The zero-order chi connectivity index (χ0) is 15.2. The van der Waals surface area contributed by atoms with Crippen LogP contribution in [0.15, 0.2) is 24.3 Å². The molecule has 5 N–H and O–H groups in total. The lowest BCUT2D eigenvalue weighted by atomic mass is 9.95. The maximum Gasteiger partial charge on any atom is 0.248 e. The Kier molecular flexibility index (Phi) is 5.33. The maximum atomic E-state index is 12.1. The molecular weight excluding hydrogens is 266 g/mol. The van der Waals surface area contributed by atoms with E-state index in [1.807, 2.05) is 6.07 Å². The summed E-state index contributed by atoms with van der Waals surface area (Å²) in [6.07, 6.45) is 3.76. The second-order valence-electron chi connectivity index (χ2n) is 5.64. The molecule has 1 aromatic carbocycles. The second-order valence-corrected chi connectivity index (χ2v) is 5.64. The first-order chi connectivity index (χ1) is 10.1. The highest BCUT2D eigenvalue weighted by Gasteiger charge is 2.31. The molecule has 0 aliphatic heterocycles. The summed E-state index contributed by atoms with van der Waals surface area (Å²) in [4.78, 5) is 23.3. The summed E-state index contributed by atoms with van der Waals surface area (Å²) in [7, 11) is 0. The molecule has 0 saturated heterocycles. The quantitative estimate of drug-likeness (QED) is 0.723. The smallest absolute Gasteiger partial charge is 0.248 e. The lowest BCUT2D eigenvalue weighted by Crippen LogP contribution is -2.36. The van der Waals surface area contributed by atoms with E-state index >= 15 is 0 Å². The zero-order valence-electron chi connectivity index (χ0n) is 12.2. The molecule has 0 spiro atoms. The Bertz CT molecular complexity index is 516. The van der Waals surface area contributed by atoms with Crippen molar-refractivity contribution in [1.82, 2.24) is 5.32 Å². The number of amides is 2. The van der Waals surface area contributed by atoms with Gasteiger partial charge in [0.2, 0.25) is 11.8 Å². The second kappa shape index (κ2) is 7.22. The Labute approximate surface area is 125 Å². The molecule has 5 nitrogen and oxygen atoms in total. The van der Waals surface area contributed by atoms with Gasteiger partial charge in [-0.15, -0.1) is 0 Å². The van der Waals surface area contributed by atoms with Crippen molar-refractivity contribution in [2.24, 2.45) is 23.3 Å². The predicted molar refractivity (Wildman–Crippen MR) is 81.6 cm³/mol. The van der Waals surface area contributed by atoms with E-state index in [2.05, 4.69) is 5.32 Å². The maximum absolute atomic E-state index is 12.1. The highest BCUT2D eigenvalue weighted by atomic mass is 16.2. The summed E-state index contributed by atoms with van der Waals surface area (Å²) in [6, 6.07) is 7.19. The van der Waals surface area contributed by atoms with Crippen LogP contribution in [-0.2, 0) is 11.2 Å². The number of nitrogens with one attached hydrogen (secondary N) is 1. The van der Waals surface area contributed by atoms with Crippen LogP contribution in [0.4, 0.5) is 0 Å². The lowest BCUT2D eigenvalue weighted by Gasteiger charge is -2.17. The molecule has 0 bridgehead atoms. The number of hydrogen-bond acceptors (Lipinski definition) is 3. The van der Waals surface area contributed by atoms with Crippen molar-refractivity contribution < 1.29 is 9.59 Å². The van der Waals surface area contributed by atoms with Gasteiger partial charge in [-0.05, 0) is 49.4 Å². The van der Waals surface area contributed by atoms with Crippen molar-refractivity contribution in [2.45, 2.75) is 25.7 Å². The molecule has 2 amide bonds. The third-order valence-corrected chi connectivity index (χ3v) is 4.22. The SMILES string of the molecule is NC[C@H]1CCC[C@H]1C(=O)NCCc1cccc(C(N)=O)c1. The summed E-state index contributed by atoms with van der Waals surface area (Å²) in [6.45, 7) is 1.15. The van der Waals surface area contributed by atoms with Crippen LogP contribution < -0.4 is 16.8 Å². The van der Waals surface area contributed by atoms with E-state index in [9.17, 15) is 9.59 Å². The van der Waals surface area contributed by atoms with Gasteiger partial charge in [-0.1, -0.05) is 18.6 Å². The molecule has 1 aliphatic carbocycles. The highest BCUT2D eigenvalue weighted by Crippen LogP contribution is 2.30. The molecule has 114 valence electrons. The van der Waals surface area contributed by atoms with Gasteiger partial charge in [0.05, 0.1) is 0 Å². The van der Waals surface area contributed by atoms with E-state index in [1.54, 1.807) is 18.2 Å². The van der Waals surface area contributed by atoms with Gasteiger partial charge in [-0.2, -0.15) is 0 Å². The van der Waals surface area contributed by atoms with Crippen LogP contribution in [0.2, 0.25) is 0 Å². The van der Waals surface area contributed by atoms with Crippen LogP contribution >= 0.6 is 0 Å². The largest absolute Gasteiger partial charge is 0.366 e. The van der Waals surface area contributed by atoms with Gasteiger partial charge in [-0.3, -0.25) is 9.59 Å². The van der Waals surface area contributed by atoms with Crippen molar-refractivity contribution >= 4 is 11.8 Å². The summed E-state index contributed by atoms with van der Waals surface area (Å²) in [5, 5.41) is 2.98. The van der Waals surface area contributed by atoms with Crippen LogP contribution in [0.5, 0.6) is 0 Å². The van der Waals surface area contributed by atoms with Crippen molar-refractivity contribution in [2.75, 3.05) is 13.1 Å². The summed E-state index contributed by atoms with van der Waals surface area (Å²) in [5.74, 6) is 0.0572. The monoisotopic (exact) mass is 289 g/mol. The third-order valence-electron chi connectivity index (χ3n) is 4.22. The highest BCUT2D eigenvalue weighted by molar-refractivity contribution is 5.92. The molecular formula is C16H23N3O2. The summed E-state index contributed by atoms with van der Waals surface area (Å²) >= 11 is 0. The average molecular weight is 289 g/mol. The fourth-order valence-electron chi connectivity index (χ4n) is 3.01. The molecule has 0 radical (unpaired) electrons. The van der Waals surface area contributed by atoms with Gasteiger partial charge < -0.3 is 16.8 Å². The van der Waals surface area contributed by atoms with Crippen LogP contribution in [0, 0.1) is 11.8 Å². The average Bonchev–Trinajstić information content (AvgIpc) is 2.96. The van der Waals surface area contributed by atoms with Gasteiger partial charge in [0.1, 0.15) is 0 Å². The first-order valence-corrected chi connectivity index (χ1v) is 7.48. The summed E-state index contributed by atoms with van der Waals surface area (Å²) in [5.41, 5.74) is 12.4. The van der Waals surface area contributed by atoms with Crippen molar-refractivity contribution in [3.8, 4) is 0 Å². The van der Waals surface area contributed by atoms with E-state index < -0.39 is 5.91 Å². The Morgan fingerprint density at radius 1 is 1.29 bits per heavy atom. The van der Waals surface area contributed by atoms with Crippen LogP contribution in [-0.4, -0.2) is 24.9 Å². The molecule has 0 unspecified atom stereocenters. The number of hydrogen-bond donors (Lipinski definition) is 3. The molecule has 1 aliphatic rings. The molecule has 2 atom stereocenters. The fourth-order valence-corrected chi connectivity index (χ4v) is 3.01. The Morgan fingerprint density at radius 3 is 2.81 bits per heavy atom. The molecule has 1 fully saturated rings. The molecule has 1 saturated carbocycles. The summed E-state index contributed by atoms with van der Waals surface area (Å²) < 4.78 is 0. The van der Waals surface area contributed by atoms with E-state index in [0.29, 0.717) is 31.0 Å². The number of carbonyl (C=O) groups is 2. The Morgan fingerprint density at radius 2 is 2.10 bits per heavy atom. The van der Waals surface area contributed by atoms with Gasteiger partial charge in [-0.25, -0.2) is 0 Å².